The van der Waals surface area contributed by atoms with E-state index >= 15 is 0 Å². The number of sulfonamides is 1. The van der Waals surface area contributed by atoms with Crippen molar-refractivity contribution in [1.82, 2.24) is 14.1 Å². The van der Waals surface area contributed by atoms with Crippen molar-refractivity contribution in [2.24, 2.45) is 5.92 Å². The van der Waals surface area contributed by atoms with Gasteiger partial charge in [-0.25, -0.2) is 17.2 Å². The maximum atomic E-state index is 13.9. The van der Waals surface area contributed by atoms with E-state index in [1.165, 1.54) is 6.92 Å². The van der Waals surface area contributed by atoms with E-state index in [2.05, 4.69) is 0 Å². The Morgan fingerprint density at radius 2 is 1.57 bits per heavy atom. The second-order valence-electron chi connectivity index (χ2n) is 7.08. The largest absolute Gasteiger partial charge is 0.343 e. The first-order chi connectivity index (χ1) is 13.2. The highest BCUT2D eigenvalue weighted by atomic mass is 32.2. The molecule has 2 aliphatic heterocycles. The van der Waals surface area contributed by atoms with Crippen LogP contribution in [0, 0.1) is 17.6 Å². The van der Waals surface area contributed by atoms with E-state index in [0.29, 0.717) is 32.0 Å². The molecule has 2 fully saturated rings. The number of hydrogen-bond acceptors (Lipinski definition) is 4. The zero-order valence-corrected chi connectivity index (χ0v) is 16.4. The third-order valence-electron chi connectivity index (χ3n) is 5.35. The van der Waals surface area contributed by atoms with E-state index in [0.717, 1.165) is 16.4 Å². The average Bonchev–Trinajstić information content (AvgIpc) is 2.69. The van der Waals surface area contributed by atoms with Crippen LogP contribution < -0.4 is 0 Å². The van der Waals surface area contributed by atoms with Crippen molar-refractivity contribution in [3.63, 3.8) is 0 Å². The van der Waals surface area contributed by atoms with Gasteiger partial charge in [0.05, 0.1) is 0 Å². The predicted octanol–water partition coefficient (Wildman–Crippen LogP) is 1.06. The van der Waals surface area contributed by atoms with E-state index in [1.54, 1.807) is 9.80 Å². The van der Waals surface area contributed by atoms with Crippen LogP contribution in [-0.2, 0) is 19.6 Å². The summed E-state index contributed by atoms with van der Waals surface area (Å²) in [7, 11) is -4.17. The number of carbonyl (C=O) groups excluding carboxylic acids is 2. The standard InChI is InChI=1S/C18H23F2N3O4S/c1-13(24)21-6-4-14(5-7-21)18(25)22-8-10-23(11-9-22)28(26,27)17-12-15(19)2-3-16(17)20/h2-3,12,14H,4-11H2,1H3. The normalized spacial score (nSPS) is 19.7. The van der Waals surface area contributed by atoms with Crippen molar-refractivity contribution in [2.75, 3.05) is 39.3 Å². The lowest BCUT2D eigenvalue weighted by molar-refractivity contribution is -0.141. The molecule has 28 heavy (non-hydrogen) atoms. The van der Waals surface area contributed by atoms with Crippen LogP contribution in [-0.4, -0.2) is 73.6 Å². The summed E-state index contributed by atoms with van der Waals surface area (Å²) in [6.45, 7) is 3.03. The van der Waals surface area contributed by atoms with Gasteiger partial charge >= 0.3 is 0 Å². The zero-order valence-electron chi connectivity index (χ0n) is 15.6. The first kappa shape index (κ1) is 20.7. The summed E-state index contributed by atoms with van der Waals surface area (Å²) in [5.41, 5.74) is 0. The molecule has 7 nitrogen and oxygen atoms in total. The van der Waals surface area contributed by atoms with Gasteiger partial charge in [0.1, 0.15) is 16.5 Å². The third-order valence-corrected chi connectivity index (χ3v) is 7.26. The first-order valence-corrected chi connectivity index (χ1v) is 10.6. The molecule has 0 aliphatic carbocycles. The monoisotopic (exact) mass is 415 g/mol. The van der Waals surface area contributed by atoms with Crippen molar-refractivity contribution in [2.45, 2.75) is 24.7 Å². The molecule has 10 heteroatoms. The summed E-state index contributed by atoms with van der Waals surface area (Å²) < 4.78 is 53.6. The third kappa shape index (κ3) is 4.17. The van der Waals surface area contributed by atoms with Crippen molar-refractivity contribution >= 4 is 21.8 Å². The highest BCUT2D eigenvalue weighted by molar-refractivity contribution is 7.89. The Morgan fingerprint density at radius 1 is 0.964 bits per heavy atom. The Kier molecular flexibility index (Phi) is 5.99. The summed E-state index contributed by atoms with van der Waals surface area (Å²) in [5, 5.41) is 0. The van der Waals surface area contributed by atoms with Crippen molar-refractivity contribution in [3.05, 3.63) is 29.8 Å². The molecule has 154 valence electrons. The smallest absolute Gasteiger partial charge is 0.246 e. The van der Waals surface area contributed by atoms with Gasteiger partial charge in [-0.2, -0.15) is 4.31 Å². The number of amides is 2. The minimum absolute atomic E-state index is 0.00528. The highest BCUT2D eigenvalue weighted by Crippen LogP contribution is 2.24. The fourth-order valence-electron chi connectivity index (χ4n) is 3.66. The lowest BCUT2D eigenvalue weighted by Gasteiger charge is -2.38. The Hall–Kier alpha value is -2.07. The Labute approximate surface area is 162 Å². The first-order valence-electron chi connectivity index (χ1n) is 9.19. The number of piperidine rings is 1. The van der Waals surface area contributed by atoms with E-state index in [4.69, 9.17) is 0 Å². The van der Waals surface area contributed by atoms with E-state index in [1.807, 2.05) is 0 Å². The molecule has 1 aromatic carbocycles. The minimum Gasteiger partial charge on any atom is -0.343 e. The van der Waals surface area contributed by atoms with Crippen LogP contribution in [0.4, 0.5) is 8.78 Å². The number of carbonyl (C=O) groups is 2. The Bertz CT molecular complexity index is 862. The summed E-state index contributed by atoms with van der Waals surface area (Å²) in [6.07, 6.45) is 1.18. The van der Waals surface area contributed by atoms with Crippen LogP contribution in [0.1, 0.15) is 19.8 Å². The highest BCUT2D eigenvalue weighted by Gasteiger charge is 2.35. The number of rotatable bonds is 3. The SMILES string of the molecule is CC(=O)N1CCC(C(=O)N2CCN(S(=O)(=O)c3cc(F)ccc3F)CC2)CC1. The molecule has 2 heterocycles. The van der Waals surface area contributed by atoms with Crippen LogP contribution in [0.3, 0.4) is 0 Å². The second-order valence-corrected chi connectivity index (χ2v) is 8.99. The summed E-state index contributed by atoms with van der Waals surface area (Å²) in [5.74, 6) is -2.06. The molecular formula is C18H23F2N3O4S. The molecule has 3 rings (SSSR count). The van der Waals surface area contributed by atoms with Gasteiger partial charge < -0.3 is 9.80 Å². The van der Waals surface area contributed by atoms with Gasteiger partial charge in [-0.05, 0) is 31.0 Å². The van der Waals surface area contributed by atoms with E-state index < -0.39 is 26.6 Å². The number of halogens is 2. The number of likely N-dealkylation sites (tertiary alicyclic amines) is 1. The maximum Gasteiger partial charge on any atom is 0.246 e. The average molecular weight is 415 g/mol. The van der Waals surface area contributed by atoms with Gasteiger partial charge in [0.15, 0.2) is 0 Å². The number of nitrogens with zero attached hydrogens (tertiary/aromatic N) is 3. The van der Waals surface area contributed by atoms with Crippen molar-refractivity contribution in [3.8, 4) is 0 Å². The van der Waals surface area contributed by atoms with Crippen LogP contribution >= 0.6 is 0 Å². The number of piperazine rings is 1. The number of hydrogen-bond donors (Lipinski definition) is 0. The lowest BCUT2D eigenvalue weighted by atomic mass is 9.95. The molecule has 0 saturated carbocycles. The number of benzene rings is 1. The van der Waals surface area contributed by atoms with Gasteiger partial charge in [-0.1, -0.05) is 0 Å². The van der Waals surface area contributed by atoms with Gasteiger partial charge in [0, 0.05) is 52.1 Å². The predicted molar refractivity (Wildman–Crippen MR) is 96.7 cm³/mol. The van der Waals surface area contributed by atoms with Crippen LogP contribution in [0.2, 0.25) is 0 Å². The van der Waals surface area contributed by atoms with E-state index in [-0.39, 0.29) is 43.9 Å². The van der Waals surface area contributed by atoms with E-state index in [9.17, 15) is 26.8 Å². The molecule has 0 aromatic heterocycles. The lowest BCUT2D eigenvalue weighted by Crippen LogP contribution is -2.53. The molecule has 0 unspecified atom stereocenters. The molecular weight excluding hydrogens is 392 g/mol. The summed E-state index contributed by atoms with van der Waals surface area (Å²) in [4.78, 5) is 26.7. The van der Waals surface area contributed by atoms with Gasteiger partial charge in [0.2, 0.25) is 21.8 Å². The molecule has 1 aromatic rings. The van der Waals surface area contributed by atoms with Crippen LogP contribution in [0.15, 0.2) is 23.1 Å². The van der Waals surface area contributed by atoms with Crippen LogP contribution in [0.25, 0.3) is 0 Å². The topological polar surface area (TPSA) is 78.0 Å². The van der Waals surface area contributed by atoms with Crippen molar-refractivity contribution in [1.29, 1.82) is 0 Å². The molecule has 0 atom stereocenters. The van der Waals surface area contributed by atoms with Gasteiger partial charge in [0.25, 0.3) is 0 Å². The Morgan fingerprint density at radius 3 is 2.14 bits per heavy atom. The minimum atomic E-state index is -4.17. The second kappa shape index (κ2) is 8.12. The molecule has 0 N–H and O–H groups in total. The van der Waals surface area contributed by atoms with Gasteiger partial charge in [-0.15, -0.1) is 0 Å². The van der Waals surface area contributed by atoms with Crippen LogP contribution in [0.5, 0.6) is 0 Å². The molecule has 0 bridgehead atoms. The fourth-order valence-corrected chi connectivity index (χ4v) is 5.16. The molecule has 0 radical (unpaired) electrons. The quantitative estimate of drug-likeness (QED) is 0.740. The van der Waals surface area contributed by atoms with Crippen molar-refractivity contribution < 1.29 is 26.8 Å². The molecule has 2 aliphatic rings. The Balaban J connectivity index is 1.60. The molecule has 2 saturated heterocycles. The summed E-state index contributed by atoms with van der Waals surface area (Å²) in [6, 6.07) is 2.32. The zero-order chi connectivity index (χ0) is 20.5. The molecule has 2 amide bonds. The maximum absolute atomic E-state index is 13.9. The van der Waals surface area contributed by atoms with Gasteiger partial charge in [-0.3, -0.25) is 9.59 Å². The molecule has 0 spiro atoms. The fraction of sp³-hybridized carbons (Fsp3) is 0.556. The summed E-state index contributed by atoms with van der Waals surface area (Å²) >= 11 is 0.